The van der Waals surface area contributed by atoms with Crippen LogP contribution in [0.1, 0.15) is 11.5 Å². The van der Waals surface area contributed by atoms with Crippen LogP contribution >= 0.6 is 11.6 Å². The summed E-state index contributed by atoms with van der Waals surface area (Å²) < 4.78 is 18.4. The molecule has 1 aromatic carbocycles. The Hall–Kier alpha value is -2.87. The van der Waals surface area contributed by atoms with Crippen LogP contribution in [-0.2, 0) is 17.8 Å². The van der Waals surface area contributed by atoms with Crippen molar-refractivity contribution in [2.75, 3.05) is 0 Å². The largest absolute Gasteiger partial charge is 0.419 e. The lowest BCUT2D eigenvalue weighted by atomic mass is 10.2. The molecule has 1 amide bonds. The van der Waals surface area contributed by atoms with Gasteiger partial charge in [0.25, 0.3) is 5.89 Å². The molecule has 0 saturated heterocycles. The topological polar surface area (TPSA) is 93.8 Å². The molecule has 0 aliphatic carbocycles. The molecular formula is C15H11ClFN5O2. The van der Waals surface area contributed by atoms with E-state index in [1.165, 1.54) is 30.7 Å². The molecule has 24 heavy (non-hydrogen) atoms. The van der Waals surface area contributed by atoms with E-state index in [2.05, 4.69) is 25.5 Å². The molecule has 3 aromatic rings. The summed E-state index contributed by atoms with van der Waals surface area (Å²) in [6.45, 7) is 0.212. The van der Waals surface area contributed by atoms with Crippen LogP contribution in [0.2, 0.25) is 5.02 Å². The highest BCUT2D eigenvalue weighted by molar-refractivity contribution is 6.30. The van der Waals surface area contributed by atoms with Gasteiger partial charge >= 0.3 is 0 Å². The van der Waals surface area contributed by atoms with Crippen LogP contribution in [-0.4, -0.2) is 26.1 Å². The molecule has 0 radical (unpaired) electrons. The minimum Gasteiger partial charge on any atom is -0.419 e. The summed E-state index contributed by atoms with van der Waals surface area (Å²) in [6, 6.07) is 4.24. The van der Waals surface area contributed by atoms with E-state index in [1.807, 2.05) is 0 Å². The number of nitrogens with zero attached hydrogens (tertiary/aromatic N) is 4. The van der Waals surface area contributed by atoms with Crippen LogP contribution in [0.5, 0.6) is 0 Å². The van der Waals surface area contributed by atoms with Gasteiger partial charge in [0.1, 0.15) is 17.9 Å². The first-order valence-electron chi connectivity index (χ1n) is 6.91. The Bertz CT molecular complexity index is 856. The Balaban J connectivity index is 1.57. The summed E-state index contributed by atoms with van der Waals surface area (Å²) >= 11 is 5.69. The van der Waals surface area contributed by atoms with Gasteiger partial charge in [-0.1, -0.05) is 17.7 Å². The molecular weight excluding hydrogens is 337 g/mol. The third-order valence-electron chi connectivity index (χ3n) is 3.03. The van der Waals surface area contributed by atoms with Crippen molar-refractivity contribution in [2.24, 2.45) is 0 Å². The minimum absolute atomic E-state index is 0.00672. The van der Waals surface area contributed by atoms with Crippen molar-refractivity contribution >= 4 is 17.5 Å². The molecule has 9 heteroatoms. The van der Waals surface area contributed by atoms with Gasteiger partial charge in [-0.05, 0) is 17.7 Å². The van der Waals surface area contributed by atoms with Crippen molar-refractivity contribution in [3.63, 3.8) is 0 Å². The number of hydrogen-bond acceptors (Lipinski definition) is 6. The zero-order chi connectivity index (χ0) is 16.9. The molecule has 122 valence electrons. The molecule has 0 saturated carbocycles. The van der Waals surface area contributed by atoms with Gasteiger partial charge in [-0.2, -0.15) is 0 Å². The molecule has 0 spiro atoms. The summed E-state index contributed by atoms with van der Waals surface area (Å²) in [4.78, 5) is 19.8. The first-order chi connectivity index (χ1) is 11.6. The summed E-state index contributed by atoms with van der Waals surface area (Å²) in [5, 5.41) is 10.3. The van der Waals surface area contributed by atoms with E-state index in [1.54, 1.807) is 6.07 Å². The van der Waals surface area contributed by atoms with E-state index >= 15 is 0 Å². The lowest BCUT2D eigenvalue weighted by Crippen LogP contribution is -2.24. The Morgan fingerprint density at radius 1 is 1.29 bits per heavy atom. The second kappa shape index (κ2) is 7.14. The molecule has 2 aromatic heterocycles. The fourth-order valence-electron chi connectivity index (χ4n) is 1.89. The number of nitrogens with one attached hydrogen (secondary N) is 1. The first kappa shape index (κ1) is 16.0. The highest BCUT2D eigenvalue weighted by Crippen LogP contribution is 2.16. The van der Waals surface area contributed by atoms with Gasteiger partial charge in [0.15, 0.2) is 0 Å². The minimum atomic E-state index is -0.505. The van der Waals surface area contributed by atoms with Crippen molar-refractivity contribution in [2.45, 2.75) is 13.0 Å². The second-order valence-corrected chi connectivity index (χ2v) is 5.20. The number of rotatable bonds is 5. The van der Waals surface area contributed by atoms with E-state index < -0.39 is 5.82 Å². The molecule has 1 N–H and O–H groups in total. The zero-order valence-electron chi connectivity index (χ0n) is 12.2. The second-order valence-electron chi connectivity index (χ2n) is 4.79. The molecule has 0 fully saturated rings. The fourth-order valence-corrected chi connectivity index (χ4v) is 2.09. The van der Waals surface area contributed by atoms with Crippen LogP contribution in [0, 0.1) is 5.82 Å². The van der Waals surface area contributed by atoms with Crippen molar-refractivity contribution in [3.05, 3.63) is 59.1 Å². The van der Waals surface area contributed by atoms with Crippen molar-refractivity contribution in [1.82, 2.24) is 25.5 Å². The maximum Gasteiger partial charge on any atom is 0.267 e. The third kappa shape index (κ3) is 3.90. The maximum absolute atomic E-state index is 13.1. The third-order valence-corrected chi connectivity index (χ3v) is 3.32. The van der Waals surface area contributed by atoms with Gasteiger partial charge in [0, 0.05) is 18.9 Å². The van der Waals surface area contributed by atoms with Gasteiger partial charge in [0.05, 0.1) is 11.2 Å². The van der Waals surface area contributed by atoms with Gasteiger partial charge in [-0.25, -0.2) is 9.37 Å². The monoisotopic (exact) mass is 347 g/mol. The average Bonchev–Trinajstić information content (AvgIpc) is 3.05. The van der Waals surface area contributed by atoms with Crippen LogP contribution in [0.25, 0.3) is 11.6 Å². The van der Waals surface area contributed by atoms with Crippen LogP contribution in [0.3, 0.4) is 0 Å². The predicted octanol–water partition coefficient (Wildman–Crippen LogP) is 2.18. The Labute approximate surface area is 140 Å². The molecule has 0 unspecified atom stereocenters. The number of halogens is 2. The number of carbonyl (C=O) groups is 1. The standard InChI is InChI=1S/C15H11ClFN5O2/c16-10-5-9(1-2-11(10)17)7-20-13(23)6-14-21-22-15(24-14)12-8-18-3-4-19-12/h1-5,8H,6-7H2,(H,20,23). The number of carbonyl (C=O) groups excluding carboxylic acids is 1. The van der Waals surface area contributed by atoms with Gasteiger partial charge in [0.2, 0.25) is 11.8 Å². The van der Waals surface area contributed by atoms with E-state index in [9.17, 15) is 9.18 Å². The average molecular weight is 348 g/mol. The first-order valence-corrected chi connectivity index (χ1v) is 7.29. The lowest BCUT2D eigenvalue weighted by molar-refractivity contribution is -0.120. The van der Waals surface area contributed by atoms with Crippen molar-refractivity contribution in [1.29, 1.82) is 0 Å². The quantitative estimate of drug-likeness (QED) is 0.760. The lowest BCUT2D eigenvalue weighted by Gasteiger charge is -2.04. The number of benzene rings is 1. The molecule has 0 aliphatic heterocycles. The van der Waals surface area contributed by atoms with Gasteiger partial charge < -0.3 is 9.73 Å². The van der Waals surface area contributed by atoms with Crippen molar-refractivity contribution in [3.8, 4) is 11.6 Å². The predicted molar refractivity (Wildman–Crippen MR) is 82.3 cm³/mol. The van der Waals surface area contributed by atoms with Crippen LogP contribution < -0.4 is 5.32 Å². The molecule has 0 bridgehead atoms. The Morgan fingerprint density at radius 3 is 2.92 bits per heavy atom. The highest BCUT2D eigenvalue weighted by atomic mass is 35.5. The zero-order valence-corrected chi connectivity index (χ0v) is 13.0. The molecule has 0 atom stereocenters. The van der Waals surface area contributed by atoms with E-state index in [4.69, 9.17) is 16.0 Å². The van der Waals surface area contributed by atoms with Gasteiger partial charge in [-0.15, -0.1) is 10.2 Å². The summed E-state index contributed by atoms with van der Waals surface area (Å²) in [5.41, 5.74) is 1.11. The molecule has 7 nitrogen and oxygen atoms in total. The van der Waals surface area contributed by atoms with E-state index in [0.717, 1.165) is 0 Å². The number of amides is 1. The highest BCUT2D eigenvalue weighted by Gasteiger charge is 2.13. The Morgan fingerprint density at radius 2 is 2.17 bits per heavy atom. The number of hydrogen-bond donors (Lipinski definition) is 1. The van der Waals surface area contributed by atoms with Crippen LogP contribution in [0.15, 0.2) is 41.2 Å². The summed E-state index contributed by atoms with van der Waals surface area (Å²) in [6.07, 6.45) is 4.42. The van der Waals surface area contributed by atoms with Crippen LogP contribution in [0.4, 0.5) is 4.39 Å². The maximum atomic E-state index is 13.1. The Kier molecular flexibility index (Phi) is 4.76. The van der Waals surface area contributed by atoms with E-state index in [0.29, 0.717) is 11.3 Å². The normalized spacial score (nSPS) is 10.6. The molecule has 3 rings (SSSR count). The number of aromatic nitrogens is 4. The molecule has 2 heterocycles. The fraction of sp³-hybridized carbons (Fsp3) is 0.133. The summed E-state index contributed by atoms with van der Waals surface area (Å²) in [5.74, 6) is -0.472. The molecule has 0 aliphatic rings. The van der Waals surface area contributed by atoms with E-state index in [-0.39, 0.29) is 35.7 Å². The van der Waals surface area contributed by atoms with Gasteiger partial charge in [-0.3, -0.25) is 9.78 Å². The SMILES string of the molecule is O=C(Cc1nnc(-c2cnccn2)o1)NCc1ccc(F)c(Cl)c1. The summed E-state index contributed by atoms with van der Waals surface area (Å²) in [7, 11) is 0. The smallest absolute Gasteiger partial charge is 0.267 e. The van der Waals surface area contributed by atoms with Crippen molar-refractivity contribution < 1.29 is 13.6 Å².